The minimum Gasteiger partial charge on any atom is -0.340 e. The van der Waals surface area contributed by atoms with E-state index in [9.17, 15) is 4.79 Å². The molecule has 0 aliphatic heterocycles. The van der Waals surface area contributed by atoms with E-state index < -0.39 is 0 Å². The lowest BCUT2D eigenvalue weighted by atomic mass is 10.1. The molecule has 0 amide bonds. The van der Waals surface area contributed by atoms with Crippen molar-refractivity contribution in [1.82, 2.24) is 4.57 Å². The topological polar surface area (TPSA) is 22.0 Å². The SMILES string of the molecule is Cc1cc(C(=O)Cn2ccc3ccc(Cl)cc32)c(C)s1. The summed E-state index contributed by atoms with van der Waals surface area (Å²) in [6.45, 7) is 4.37. The molecular weight excluding hydrogens is 290 g/mol. The first-order valence-corrected chi connectivity index (χ1v) is 7.58. The predicted molar refractivity (Wildman–Crippen MR) is 85.1 cm³/mol. The third-order valence-electron chi connectivity index (χ3n) is 3.39. The van der Waals surface area contributed by atoms with Gasteiger partial charge in [-0.2, -0.15) is 0 Å². The minimum absolute atomic E-state index is 0.143. The highest BCUT2D eigenvalue weighted by Crippen LogP contribution is 2.24. The molecule has 0 spiro atoms. The van der Waals surface area contributed by atoms with Gasteiger partial charge in [0, 0.05) is 32.1 Å². The number of aryl methyl sites for hydroxylation is 2. The number of Topliss-reactive ketones (excluding diaryl/α,β-unsaturated/α-hetero) is 1. The lowest BCUT2D eigenvalue weighted by Gasteiger charge is -2.05. The highest BCUT2D eigenvalue weighted by molar-refractivity contribution is 7.12. The summed E-state index contributed by atoms with van der Waals surface area (Å²) in [5.41, 5.74) is 1.83. The van der Waals surface area contributed by atoms with Gasteiger partial charge in [-0.1, -0.05) is 17.7 Å². The molecule has 0 saturated carbocycles. The Bertz CT molecular complexity index is 800. The number of carbonyl (C=O) groups excluding carboxylic acids is 1. The van der Waals surface area contributed by atoms with Crippen molar-refractivity contribution >= 4 is 39.6 Å². The van der Waals surface area contributed by atoms with Crippen molar-refractivity contribution in [3.63, 3.8) is 0 Å². The first kappa shape index (κ1) is 13.4. The molecule has 102 valence electrons. The Morgan fingerprint density at radius 3 is 2.75 bits per heavy atom. The fourth-order valence-corrected chi connectivity index (χ4v) is 3.55. The largest absolute Gasteiger partial charge is 0.340 e. The zero-order valence-corrected chi connectivity index (χ0v) is 12.9. The molecule has 0 fully saturated rings. The monoisotopic (exact) mass is 303 g/mol. The number of ketones is 1. The molecule has 0 saturated heterocycles. The summed E-state index contributed by atoms with van der Waals surface area (Å²) in [6, 6.07) is 9.71. The van der Waals surface area contributed by atoms with Crippen LogP contribution in [0.2, 0.25) is 5.02 Å². The lowest BCUT2D eigenvalue weighted by molar-refractivity contribution is 0.0973. The lowest BCUT2D eigenvalue weighted by Crippen LogP contribution is -2.09. The van der Waals surface area contributed by atoms with Crippen molar-refractivity contribution < 1.29 is 4.79 Å². The van der Waals surface area contributed by atoms with Gasteiger partial charge in [-0.3, -0.25) is 4.79 Å². The van der Waals surface area contributed by atoms with E-state index in [1.54, 1.807) is 11.3 Å². The van der Waals surface area contributed by atoms with Gasteiger partial charge in [-0.15, -0.1) is 11.3 Å². The van der Waals surface area contributed by atoms with Crippen molar-refractivity contribution in [3.05, 3.63) is 56.9 Å². The van der Waals surface area contributed by atoms with E-state index in [2.05, 4.69) is 0 Å². The van der Waals surface area contributed by atoms with Crippen LogP contribution in [0.15, 0.2) is 36.5 Å². The Kier molecular flexibility index (Phi) is 3.40. The molecule has 0 N–H and O–H groups in total. The van der Waals surface area contributed by atoms with Crippen LogP contribution in [0, 0.1) is 13.8 Å². The van der Waals surface area contributed by atoms with Crippen LogP contribution in [0.25, 0.3) is 10.9 Å². The van der Waals surface area contributed by atoms with Crippen molar-refractivity contribution in [2.75, 3.05) is 0 Å². The van der Waals surface area contributed by atoms with Crippen LogP contribution in [0.5, 0.6) is 0 Å². The third kappa shape index (κ3) is 2.39. The molecule has 1 aromatic carbocycles. The van der Waals surface area contributed by atoms with Crippen LogP contribution in [-0.2, 0) is 6.54 Å². The number of benzene rings is 1. The third-order valence-corrected chi connectivity index (χ3v) is 4.59. The number of aromatic nitrogens is 1. The first-order chi connectivity index (χ1) is 9.54. The van der Waals surface area contributed by atoms with Gasteiger partial charge in [-0.25, -0.2) is 0 Å². The molecule has 4 heteroatoms. The maximum absolute atomic E-state index is 12.4. The van der Waals surface area contributed by atoms with E-state index in [-0.39, 0.29) is 5.78 Å². The summed E-state index contributed by atoms with van der Waals surface area (Å²) in [5, 5.41) is 1.79. The van der Waals surface area contributed by atoms with Crippen LogP contribution in [0.1, 0.15) is 20.1 Å². The molecule has 0 aliphatic rings. The quantitative estimate of drug-likeness (QED) is 0.634. The summed E-state index contributed by atoms with van der Waals surface area (Å²) in [6.07, 6.45) is 1.94. The van der Waals surface area contributed by atoms with E-state index in [0.29, 0.717) is 11.6 Å². The molecule has 2 nitrogen and oxygen atoms in total. The molecule has 2 heterocycles. The number of halogens is 1. The Hall–Kier alpha value is -1.58. The first-order valence-electron chi connectivity index (χ1n) is 6.39. The highest BCUT2D eigenvalue weighted by Gasteiger charge is 2.13. The summed E-state index contributed by atoms with van der Waals surface area (Å²) >= 11 is 7.70. The maximum Gasteiger partial charge on any atom is 0.183 e. The fourth-order valence-electron chi connectivity index (χ4n) is 2.44. The maximum atomic E-state index is 12.4. The number of fused-ring (bicyclic) bond motifs is 1. The van der Waals surface area contributed by atoms with E-state index in [4.69, 9.17) is 11.6 Å². The fraction of sp³-hybridized carbons (Fsp3) is 0.188. The second-order valence-corrected chi connectivity index (χ2v) is 6.79. The van der Waals surface area contributed by atoms with Gasteiger partial charge in [0.25, 0.3) is 0 Å². The number of nitrogens with zero attached hydrogens (tertiary/aromatic N) is 1. The molecule has 3 aromatic rings. The van der Waals surface area contributed by atoms with E-state index in [1.807, 2.05) is 54.9 Å². The highest BCUT2D eigenvalue weighted by atomic mass is 35.5. The van der Waals surface area contributed by atoms with Crippen molar-refractivity contribution in [3.8, 4) is 0 Å². The average Bonchev–Trinajstić information content (AvgIpc) is 2.93. The molecule has 2 aromatic heterocycles. The number of rotatable bonds is 3. The molecule has 0 unspecified atom stereocenters. The molecular formula is C16H14ClNOS. The molecule has 20 heavy (non-hydrogen) atoms. The number of thiophene rings is 1. The van der Waals surface area contributed by atoms with E-state index in [1.165, 1.54) is 4.88 Å². The second-order valence-electron chi connectivity index (χ2n) is 4.90. The van der Waals surface area contributed by atoms with Gasteiger partial charge in [0.1, 0.15) is 0 Å². The van der Waals surface area contributed by atoms with E-state index >= 15 is 0 Å². The molecule has 0 atom stereocenters. The average molecular weight is 304 g/mol. The minimum atomic E-state index is 0.143. The van der Waals surface area contributed by atoms with E-state index in [0.717, 1.165) is 21.3 Å². The predicted octanol–water partition coefficient (Wildman–Crippen LogP) is 4.86. The van der Waals surface area contributed by atoms with Crippen molar-refractivity contribution in [2.45, 2.75) is 20.4 Å². The zero-order chi connectivity index (χ0) is 14.3. The van der Waals surface area contributed by atoms with Gasteiger partial charge in [0.2, 0.25) is 0 Å². The Morgan fingerprint density at radius 2 is 2.05 bits per heavy atom. The smallest absolute Gasteiger partial charge is 0.183 e. The van der Waals surface area contributed by atoms with Crippen LogP contribution in [0.3, 0.4) is 0 Å². The van der Waals surface area contributed by atoms with Gasteiger partial charge in [-0.05, 0) is 43.5 Å². The number of hydrogen-bond donors (Lipinski definition) is 0. The summed E-state index contributed by atoms with van der Waals surface area (Å²) in [4.78, 5) is 14.7. The standard InChI is InChI=1S/C16H14ClNOS/c1-10-7-14(11(2)20-10)16(19)9-18-6-5-12-3-4-13(17)8-15(12)18/h3-8H,9H2,1-2H3. The van der Waals surface area contributed by atoms with Gasteiger partial charge >= 0.3 is 0 Å². The summed E-state index contributed by atoms with van der Waals surface area (Å²) < 4.78 is 1.95. The second kappa shape index (κ2) is 5.08. The van der Waals surface area contributed by atoms with Gasteiger partial charge in [0.05, 0.1) is 6.54 Å². The molecule has 0 radical (unpaired) electrons. The van der Waals surface area contributed by atoms with Crippen molar-refractivity contribution in [1.29, 1.82) is 0 Å². The molecule has 3 rings (SSSR count). The Morgan fingerprint density at radius 1 is 1.25 bits per heavy atom. The van der Waals surface area contributed by atoms with Crippen LogP contribution in [-0.4, -0.2) is 10.4 Å². The van der Waals surface area contributed by atoms with Crippen LogP contribution in [0.4, 0.5) is 0 Å². The summed E-state index contributed by atoms with van der Waals surface area (Å²) in [7, 11) is 0. The van der Waals surface area contributed by atoms with Crippen LogP contribution < -0.4 is 0 Å². The zero-order valence-electron chi connectivity index (χ0n) is 11.3. The van der Waals surface area contributed by atoms with Gasteiger partial charge < -0.3 is 4.57 Å². The Labute approximate surface area is 126 Å². The molecule has 0 bridgehead atoms. The number of carbonyl (C=O) groups is 1. The summed E-state index contributed by atoms with van der Waals surface area (Å²) in [5.74, 6) is 0.143. The Balaban J connectivity index is 1.95. The van der Waals surface area contributed by atoms with Crippen LogP contribution >= 0.6 is 22.9 Å². The normalized spacial score (nSPS) is 11.2. The van der Waals surface area contributed by atoms with Gasteiger partial charge in [0.15, 0.2) is 5.78 Å². The number of hydrogen-bond acceptors (Lipinski definition) is 2. The molecule has 0 aliphatic carbocycles. The van der Waals surface area contributed by atoms with Crippen molar-refractivity contribution in [2.24, 2.45) is 0 Å².